The third-order valence-corrected chi connectivity index (χ3v) is 2.64. The first-order valence-electron chi connectivity index (χ1n) is 3.91. The zero-order valence-corrected chi connectivity index (χ0v) is 8.36. The monoisotopic (exact) mass is 178 g/mol. The number of aliphatic hydroxyl groups excluding tert-OH is 1. The summed E-state index contributed by atoms with van der Waals surface area (Å²) in [5, 5.41) is 9.22. The van der Waals surface area contributed by atoms with E-state index in [1.54, 1.807) is 18.9 Å². The number of methoxy groups -OCH3 is 1. The van der Waals surface area contributed by atoms with Gasteiger partial charge in [0.25, 0.3) is 0 Å². The Morgan fingerprint density at radius 2 is 2.00 bits per heavy atom. The van der Waals surface area contributed by atoms with Crippen molar-refractivity contribution in [2.45, 2.75) is 20.0 Å². The zero-order valence-electron chi connectivity index (χ0n) is 7.54. The van der Waals surface area contributed by atoms with E-state index in [0.29, 0.717) is 12.5 Å². The van der Waals surface area contributed by atoms with Gasteiger partial charge in [-0.2, -0.15) is 11.8 Å². The van der Waals surface area contributed by atoms with Gasteiger partial charge in [0.05, 0.1) is 12.7 Å². The molecule has 0 aliphatic heterocycles. The average Bonchev–Trinajstić information content (AvgIpc) is 1.87. The standard InChI is InChI=1S/C8H18O2S/c1-7(2)5-11-6-8(9)4-10-3/h7-9H,4-6H2,1-3H3. The molecule has 0 bridgehead atoms. The van der Waals surface area contributed by atoms with Crippen LogP contribution in [0, 0.1) is 5.92 Å². The summed E-state index contributed by atoms with van der Waals surface area (Å²) in [5.74, 6) is 2.60. The van der Waals surface area contributed by atoms with E-state index < -0.39 is 0 Å². The van der Waals surface area contributed by atoms with Crippen LogP contribution in [0.25, 0.3) is 0 Å². The fourth-order valence-electron chi connectivity index (χ4n) is 0.680. The first-order chi connectivity index (χ1) is 5.16. The lowest BCUT2D eigenvalue weighted by Crippen LogP contribution is -2.17. The molecule has 0 spiro atoms. The Morgan fingerprint density at radius 1 is 1.36 bits per heavy atom. The Balaban J connectivity index is 3.10. The van der Waals surface area contributed by atoms with Crippen LogP contribution in [0.15, 0.2) is 0 Å². The van der Waals surface area contributed by atoms with Gasteiger partial charge in [-0.25, -0.2) is 0 Å². The summed E-state index contributed by atoms with van der Waals surface area (Å²) in [7, 11) is 1.61. The fraction of sp³-hybridized carbons (Fsp3) is 1.00. The SMILES string of the molecule is COCC(O)CSCC(C)C. The van der Waals surface area contributed by atoms with Crippen LogP contribution in [0.4, 0.5) is 0 Å². The molecule has 2 nitrogen and oxygen atoms in total. The molecule has 3 heteroatoms. The minimum Gasteiger partial charge on any atom is -0.390 e. The Kier molecular flexibility index (Phi) is 7.12. The number of ether oxygens (including phenoxy) is 1. The lowest BCUT2D eigenvalue weighted by molar-refractivity contribution is 0.0794. The van der Waals surface area contributed by atoms with Crippen LogP contribution in [0.3, 0.4) is 0 Å². The number of hydrogen-bond acceptors (Lipinski definition) is 3. The van der Waals surface area contributed by atoms with E-state index in [-0.39, 0.29) is 6.10 Å². The summed E-state index contributed by atoms with van der Waals surface area (Å²) in [6, 6.07) is 0. The van der Waals surface area contributed by atoms with E-state index >= 15 is 0 Å². The maximum absolute atomic E-state index is 9.22. The highest BCUT2D eigenvalue weighted by Gasteiger charge is 2.03. The van der Waals surface area contributed by atoms with Crippen molar-refractivity contribution in [2.75, 3.05) is 25.2 Å². The number of aliphatic hydroxyl groups is 1. The summed E-state index contributed by atoms with van der Waals surface area (Å²) >= 11 is 1.78. The predicted molar refractivity (Wildman–Crippen MR) is 50.0 cm³/mol. The van der Waals surface area contributed by atoms with E-state index in [4.69, 9.17) is 4.74 Å². The molecule has 0 aromatic rings. The third-order valence-electron chi connectivity index (χ3n) is 1.12. The lowest BCUT2D eigenvalue weighted by Gasteiger charge is -2.09. The van der Waals surface area contributed by atoms with Gasteiger partial charge < -0.3 is 9.84 Å². The maximum atomic E-state index is 9.22. The number of hydrogen-bond donors (Lipinski definition) is 1. The molecule has 0 aliphatic rings. The highest BCUT2D eigenvalue weighted by molar-refractivity contribution is 7.99. The molecular weight excluding hydrogens is 160 g/mol. The van der Waals surface area contributed by atoms with Gasteiger partial charge in [-0.1, -0.05) is 13.8 Å². The summed E-state index contributed by atoms with van der Waals surface area (Å²) in [5.41, 5.74) is 0. The molecule has 0 radical (unpaired) electrons. The predicted octanol–water partition coefficient (Wildman–Crippen LogP) is 1.38. The molecule has 0 saturated heterocycles. The fourth-order valence-corrected chi connectivity index (χ4v) is 1.66. The minimum atomic E-state index is -0.302. The van der Waals surface area contributed by atoms with Gasteiger partial charge in [-0.05, 0) is 11.7 Å². The highest BCUT2D eigenvalue weighted by Crippen LogP contribution is 2.08. The third kappa shape index (κ3) is 8.17. The Labute approximate surface area is 73.3 Å². The molecule has 0 rings (SSSR count). The summed E-state index contributed by atoms with van der Waals surface area (Å²) < 4.78 is 4.80. The normalized spacial score (nSPS) is 13.9. The molecule has 1 unspecified atom stereocenters. The molecule has 11 heavy (non-hydrogen) atoms. The Hall–Kier alpha value is 0.270. The van der Waals surface area contributed by atoms with Crippen LogP contribution < -0.4 is 0 Å². The van der Waals surface area contributed by atoms with Gasteiger partial charge in [-0.15, -0.1) is 0 Å². The van der Waals surface area contributed by atoms with Crippen molar-refractivity contribution in [1.29, 1.82) is 0 Å². The molecule has 0 fully saturated rings. The van der Waals surface area contributed by atoms with Gasteiger partial charge in [0, 0.05) is 12.9 Å². The van der Waals surface area contributed by atoms with Crippen LogP contribution >= 0.6 is 11.8 Å². The van der Waals surface area contributed by atoms with Gasteiger partial charge in [-0.3, -0.25) is 0 Å². The van der Waals surface area contributed by atoms with E-state index in [9.17, 15) is 5.11 Å². The second-order valence-electron chi connectivity index (χ2n) is 3.04. The van der Waals surface area contributed by atoms with Crippen molar-refractivity contribution in [3.63, 3.8) is 0 Å². The Morgan fingerprint density at radius 3 is 2.45 bits per heavy atom. The summed E-state index contributed by atoms with van der Waals surface area (Å²) in [6.45, 7) is 4.80. The van der Waals surface area contributed by atoms with Crippen molar-refractivity contribution in [3.05, 3.63) is 0 Å². The topological polar surface area (TPSA) is 29.5 Å². The van der Waals surface area contributed by atoms with Crippen LogP contribution in [0.5, 0.6) is 0 Å². The van der Waals surface area contributed by atoms with Crippen molar-refractivity contribution in [2.24, 2.45) is 5.92 Å². The first kappa shape index (κ1) is 11.3. The first-order valence-corrected chi connectivity index (χ1v) is 5.07. The van der Waals surface area contributed by atoms with Gasteiger partial charge >= 0.3 is 0 Å². The molecule has 1 atom stereocenters. The second-order valence-corrected chi connectivity index (χ2v) is 4.12. The Bertz CT molecular complexity index is 86.2. The number of thioether (sulfide) groups is 1. The van der Waals surface area contributed by atoms with Gasteiger partial charge in [0.15, 0.2) is 0 Å². The number of rotatable bonds is 6. The van der Waals surface area contributed by atoms with Crippen molar-refractivity contribution in [3.8, 4) is 0 Å². The smallest absolute Gasteiger partial charge is 0.0863 e. The van der Waals surface area contributed by atoms with E-state index in [0.717, 1.165) is 11.5 Å². The van der Waals surface area contributed by atoms with Crippen molar-refractivity contribution < 1.29 is 9.84 Å². The molecule has 0 aromatic carbocycles. The average molecular weight is 178 g/mol. The summed E-state index contributed by atoms with van der Waals surface area (Å²) in [4.78, 5) is 0. The molecule has 0 aliphatic carbocycles. The summed E-state index contributed by atoms with van der Waals surface area (Å²) in [6.07, 6.45) is -0.302. The quantitative estimate of drug-likeness (QED) is 0.666. The molecule has 68 valence electrons. The second kappa shape index (κ2) is 6.95. The zero-order chi connectivity index (χ0) is 8.69. The highest BCUT2D eigenvalue weighted by atomic mass is 32.2. The van der Waals surface area contributed by atoms with E-state index in [2.05, 4.69) is 13.8 Å². The molecule has 1 N–H and O–H groups in total. The molecule has 0 heterocycles. The van der Waals surface area contributed by atoms with Crippen molar-refractivity contribution in [1.82, 2.24) is 0 Å². The maximum Gasteiger partial charge on any atom is 0.0863 e. The molecular formula is C8H18O2S. The van der Waals surface area contributed by atoms with E-state index in [1.807, 2.05) is 0 Å². The molecule has 0 aromatic heterocycles. The van der Waals surface area contributed by atoms with Crippen LogP contribution in [-0.2, 0) is 4.74 Å². The van der Waals surface area contributed by atoms with Gasteiger partial charge in [0.1, 0.15) is 0 Å². The minimum absolute atomic E-state index is 0.302. The molecule has 0 saturated carbocycles. The van der Waals surface area contributed by atoms with Crippen LogP contribution in [0.2, 0.25) is 0 Å². The van der Waals surface area contributed by atoms with E-state index in [1.165, 1.54) is 0 Å². The van der Waals surface area contributed by atoms with Crippen molar-refractivity contribution >= 4 is 11.8 Å². The van der Waals surface area contributed by atoms with Gasteiger partial charge in [0.2, 0.25) is 0 Å². The van der Waals surface area contributed by atoms with Crippen LogP contribution in [-0.4, -0.2) is 36.4 Å². The largest absolute Gasteiger partial charge is 0.390 e. The lowest BCUT2D eigenvalue weighted by atomic mass is 10.3. The van der Waals surface area contributed by atoms with Crippen LogP contribution in [0.1, 0.15) is 13.8 Å². The molecule has 0 amide bonds.